The summed E-state index contributed by atoms with van der Waals surface area (Å²) in [6.45, 7) is 25.7. The SMILES string of the molecule is CCCCCC(C)(Pc1c(C)cccc1CNC(C)C)c1cc(C(C)(C)C)cc(C(C)(C)C)c1O. The summed E-state index contributed by atoms with van der Waals surface area (Å²) in [5.74, 6) is 0.507. The Bertz CT molecular complexity index is 980. The van der Waals surface area contributed by atoms with Crippen molar-refractivity contribution in [2.24, 2.45) is 0 Å². The van der Waals surface area contributed by atoms with E-state index < -0.39 is 0 Å². The highest BCUT2D eigenvalue weighted by atomic mass is 31.1. The zero-order valence-corrected chi connectivity index (χ0v) is 25.4. The molecule has 2 atom stereocenters. The van der Waals surface area contributed by atoms with Gasteiger partial charge in [-0.25, -0.2) is 0 Å². The molecule has 0 aliphatic rings. The van der Waals surface area contributed by atoms with E-state index in [0.29, 0.717) is 20.4 Å². The molecule has 0 amide bonds. The molecule has 0 fully saturated rings. The number of rotatable bonds is 10. The molecule has 0 saturated carbocycles. The molecule has 0 spiro atoms. The average Bonchev–Trinajstić information content (AvgIpc) is 2.72. The Morgan fingerprint density at radius 1 is 0.914 bits per heavy atom. The largest absolute Gasteiger partial charge is 0.507 e. The lowest BCUT2D eigenvalue weighted by Crippen LogP contribution is -2.28. The first-order valence-corrected chi connectivity index (χ1v) is 14.6. The van der Waals surface area contributed by atoms with Gasteiger partial charge in [0.2, 0.25) is 0 Å². The van der Waals surface area contributed by atoms with Crippen LogP contribution in [0.25, 0.3) is 0 Å². The number of hydrogen-bond acceptors (Lipinski definition) is 2. The van der Waals surface area contributed by atoms with Gasteiger partial charge in [0.05, 0.1) is 0 Å². The molecule has 0 aromatic heterocycles. The van der Waals surface area contributed by atoms with Gasteiger partial charge < -0.3 is 10.4 Å². The minimum absolute atomic E-state index is 0.0187. The third-order valence-corrected chi connectivity index (χ3v) is 9.16. The molecule has 0 radical (unpaired) electrons. The highest BCUT2D eigenvalue weighted by molar-refractivity contribution is 7.48. The number of benzene rings is 2. The molecular formula is C32H52NOP. The Hall–Kier alpha value is -1.37. The smallest absolute Gasteiger partial charge is 0.123 e. The van der Waals surface area contributed by atoms with Gasteiger partial charge in [0.15, 0.2) is 0 Å². The average molecular weight is 498 g/mol. The predicted octanol–water partition coefficient (Wildman–Crippen LogP) is 8.59. The molecule has 2 N–H and O–H groups in total. The second-order valence-corrected chi connectivity index (χ2v) is 14.8. The summed E-state index contributed by atoms with van der Waals surface area (Å²) in [4.78, 5) is 0. The molecule has 2 nitrogen and oxygen atoms in total. The van der Waals surface area contributed by atoms with Crippen LogP contribution in [0.4, 0.5) is 0 Å². The normalized spacial score (nSPS) is 14.7. The first-order valence-electron chi connectivity index (χ1n) is 13.6. The zero-order chi connectivity index (χ0) is 26.6. The van der Waals surface area contributed by atoms with Gasteiger partial charge in [-0.3, -0.25) is 0 Å². The summed E-state index contributed by atoms with van der Waals surface area (Å²) >= 11 is 0. The van der Waals surface area contributed by atoms with Crippen molar-refractivity contribution in [2.75, 3.05) is 0 Å². The Kier molecular flexibility index (Phi) is 10.1. The van der Waals surface area contributed by atoms with Crippen molar-refractivity contribution in [1.82, 2.24) is 5.32 Å². The first-order chi connectivity index (χ1) is 16.1. The quantitative estimate of drug-likeness (QED) is 0.254. The van der Waals surface area contributed by atoms with E-state index >= 15 is 0 Å². The molecule has 0 saturated heterocycles. The Morgan fingerprint density at radius 2 is 1.54 bits per heavy atom. The molecule has 35 heavy (non-hydrogen) atoms. The number of nitrogens with one attached hydrogen (secondary N) is 1. The van der Waals surface area contributed by atoms with Crippen molar-refractivity contribution in [2.45, 2.75) is 130 Å². The van der Waals surface area contributed by atoms with Crippen LogP contribution in [0.5, 0.6) is 5.75 Å². The van der Waals surface area contributed by atoms with Crippen LogP contribution in [0.1, 0.15) is 123 Å². The predicted molar refractivity (Wildman–Crippen MR) is 158 cm³/mol. The molecule has 2 aromatic carbocycles. The van der Waals surface area contributed by atoms with Crippen LogP contribution in [0, 0.1) is 6.92 Å². The summed E-state index contributed by atoms with van der Waals surface area (Å²) in [6, 6.07) is 11.7. The van der Waals surface area contributed by atoms with Crippen molar-refractivity contribution in [3.05, 3.63) is 58.1 Å². The molecule has 196 valence electrons. The summed E-state index contributed by atoms with van der Waals surface area (Å²) in [7, 11) is 0.594. The maximum absolute atomic E-state index is 11.8. The van der Waals surface area contributed by atoms with Crippen molar-refractivity contribution in [1.29, 1.82) is 0 Å². The highest BCUT2D eigenvalue weighted by Crippen LogP contribution is 2.52. The zero-order valence-electron chi connectivity index (χ0n) is 24.4. The maximum Gasteiger partial charge on any atom is 0.123 e. The van der Waals surface area contributed by atoms with E-state index in [4.69, 9.17) is 0 Å². The van der Waals surface area contributed by atoms with Crippen LogP contribution in [0.2, 0.25) is 0 Å². The van der Waals surface area contributed by atoms with Gasteiger partial charge in [-0.1, -0.05) is 127 Å². The lowest BCUT2D eigenvalue weighted by Gasteiger charge is -2.36. The van der Waals surface area contributed by atoms with Crippen LogP contribution in [0.3, 0.4) is 0 Å². The van der Waals surface area contributed by atoms with E-state index in [2.05, 4.69) is 112 Å². The second-order valence-electron chi connectivity index (χ2n) is 13.0. The Labute approximate surface area is 218 Å². The second kappa shape index (κ2) is 11.8. The van der Waals surface area contributed by atoms with E-state index in [1.165, 1.54) is 41.3 Å². The molecule has 0 bridgehead atoms. The minimum atomic E-state index is -0.126. The van der Waals surface area contributed by atoms with Crippen LogP contribution in [-0.2, 0) is 22.5 Å². The molecular weight excluding hydrogens is 445 g/mol. The number of hydrogen-bond donors (Lipinski definition) is 2. The summed E-state index contributed by atoms with van der Waals surface area (Å²) < 4.78 is 0. The van der Waals surface area contributed by atoms with Crippen LogP contribution >= 0.6 is 8.58 Å². The van der Waals surface area contributed by atoms with Crippen LogP contribution in [0.15, 0.2) is 30.3 Å². The molecule has 2 rings (SSSR count). The fraction of sp³-hybridized carbons (Fsp3) is 0.625. The van der Waals surface area contributed by atoms with Gasteiger partial charge in [-0.05, 0) is 51.7 Å². The first kappa shape index (κ1) is 29.9. The monoisotopic (exact) mass is 497 g/mol. The maximum atomic E-state index is 11.8. The number of unbranched alkanes of at least 4 members (excludes halogenated alkanes) is 2. The van der Waals surface area contributed by atoms with Crippen molar-refractivity contribution in [3.8, 4) is 5.75 Å². The molecule has 2 aromatic rings. The highest BCUT2D eigenvalue weighted by Gasteiger charge is 2.35. The van der Waals surface area contributed by atoms with Gasteiger partial charge in [-0.15, -0.1) is 0 Å². The van der Waals surface area contributed by atoms with Crippen molar-refractivity contribution < 1.29 is 5.11 Å². The summed E-state index contributed by atoms with van der Waals surface area (Å²) in [5.41, 5.74) is 6.16. The number of phenols is 1. The van der Waals surface area contributed by atoms with Gasteiger partial charge >= 0.3 is 0 Å². The van der Waals surface area contributed by atoms with E-state index in [9.17, 15) is 5.11 Å². The lowest BCUT2D eigenvalue weighted by molar-refractivity contribution is 0.424. The number of aryl methyl sites for hydroxylation is 1. The molecule has 0 aliphatic heterocycles. The van der Waals surface area contributed by atoms with Crippen LogP contribution < -0.4 is 10.6 Å². The number of aromatic hydroxyl groups is 1. The molecule has 0 heterocycles. The molecule has 3 heteroatoms. The van der Waals surface area contributed by atoms with E-state index in [1.807, 2.05) is 0 Å². The molecule has 2 unspecified atom stereocenters. The molecule has 0 aliphatic carbocycles. The lowest BCUT2D eigenvalue weighted by atomic mass is 9.77. The third kappa shape index (κ3) is 7.80. The van der Waals surface area contributed by atoms with Gasteiger partial charge in [0.1, 0.15) is 5.75 Å². The fourth-order valence-electron chi connectivity index (χ4n) is 4.70. The third-order valence-electron chi connectivity index (χ3n) is 7.12. The summed E-state index contributed by atoms with van der Waals surface area (Å²) in [5, 5.41) is 16.8. The van der Waals surface area contributed by atoms with Crippen LogP contribution in [-0.4, -0.2) is 11.1 Å². The van der Waals surface area contributed by atoms with Crippen molar-refractivity contribution in [3.63, 3.8) is 0 Å². The van der Waals surface area contributed by atoms with E-state index in [0.717, 1.165) is 24.1 Å². The van der Waals surface area contributed by atoms with Gasteiger partial charge in [0, 0.05) is 23.3 Å². The fourth-order valence-corrected chi connectivity index (χ4v) is 6.49. The Balaban J connectivity index is 2.73. The minimum Gasteiger partial charge on any atom is -0.507 e. The summed E-state index contributed by atoms with van der Waals surface area (Å²) in [6.07, 6.45) is 4.68. The number of phenolic OH excluding ortho intramolecular Hbond substituents is 1. The van der Waals surface area contributed by atoms with E-state index in [-0.39, 0.29) is 16.0 Å². The van der Waals surface area contributed by atoms with E-state index in [1.54, 1.807) is 0 Å². The Morgan fingerprint density at radius 3 is 2.09 bits per heavy atom. The van der Waals surface area contributed by atoms with Crippen molar-refractivity contribution >= 4 is 13.9 Å². The topological polar surface area (TPSA) is 32.3 Å². The van der Waals surface area contributed by atoms with Gasteiger partial charge in [0.25, 0.3) is 0 Å². The van der Waals surface area contributed by atoms with Gasteiger partial charge in [-0.2, -0.15) is 0 Å². The standard InChI is InChI=1S/C32H52NOP/c1-12-13-14-18-32(11,35-29-23(4)16-15-17-24(29)21-33-22(2)3)27-20-25(30(5,6)7)19-26(28(27)34)31(8,9)10/h15-17,19-20,22,33-35H,12-14,18,21H2,1-11H3.